The third kappa shape index (κ3) is 4.58. The van der Waals surface area contributed by atoms with Crippen molar-refractivity contribution in [2.75, 3.05) is 5.32 Å². The maximum Gasteiger partial charge on any atom is 0.329 e. The Kier molecular flexibility index (Phi) is 5.52. The van der Waals surface area contributed by atoms with Crippen LogP contribution in [0.1, 0.15) is 5.56 Å². The lowest BCUT2D eigenvalue weighted by atomic mass is 10.2. The highest BCUT2D eigenvalue weighted by atomic mass is 35.5. The topological polar surface area (TPSA) is 70.6 Å². The van der Waals surface area contributed by atoms with Crippen LogP contribution in [0.5, 0.6) is 0 Å². The summed E-state index contributed by atoms with van der Waals surface area (Å²) in [6.45, 7) is 0. The van der Waals surface area contributed by atoms with Gasteiger partial charge in [0.2, 0.25) is 0 Å². The van der Waals surface area contributed by atoms with E-state index in [1.54, 1.807) is 0 Å². The summed E-state index contributed by atoms with van der Waals surface area (Å²) in [4.78, 5) is 23.3. The summed E-state index contributed by atoms with van der Waals surface area (Å²) in [7, 11) is 0. The third-order valence-corrected chi connectivity index (χ3v) is 3.30. The van der Waals surface area contributed by atoms with E-state index >= 15 is 0 Å². The molecule has 0 radical (unpaired) electrons. The number of rotatable bonds is 3. The van der Waals surface area contributed by atoms with E-state index in [0.29, 0.717) is 10.7 Å². The zero-order chi connectivity index (χ0) is 15.9. The van der Waals surface area contributed by atoms with Gasteiger partial charge >= 0.3 is 11.8 Å². The van der Waals surface area contributed by atoms with Crippen LogP contribution in [-0.4, -0.2) is 18.0 Å². The number of anilines is 1. The standard InChI is InChI=1S/C15H11Cl2N3O2/c16-12-7-6-11(8-13(12)17)19-14(21)15(22)20-18-9-10-4-2-1-3-5-10/h1-9H,(H,19,21)(H,20,22)/b18-9+. The van der Waals surface area contributed by atoms with Crippen molar-refractivity contribution >= 4 is 46.9 Å². The van der Waals surface area contributed by atoms with Gasteiger partial charge in [0.15, 0.2) is 0 Å². The van der Waals surface area contributed by atoms with Crippen molar-refractivity contribution in [1.29, 1.82) is 0 Å². The van der Waals surface area contributed by atoms with Gasteiger partial charge in [-0.1, -0.05) is 53.5 Å². The first-order chi connectivity index (χ1) is 10.6. The van der Waals surface area contributed by atoms with Crippen molar-refractivity contribution in [3.05, 3.63) is 64.1 Å². The van der Waals surface area contributed by atoms with Crippen molar-refractivity contribution in [2.24, 2.45) is 5.10 Å². The number of nitrogens with zero attached hydrogens (tertiary/aromatic N) is 1. The van der Waals surface area contributed by atoms with Crippen LogP contribution in [0, 0.1) is 0 Å². The van der Waals surface area contributed by atoms with Gasteiger partial charge in [-0.3, -0.25) is 9.59 Å². The number of benzene rings is 2. The molecule has 0 saturated heterocycles. The van der Waals surface area contributed by atoms with Crippen LogP contribution in [0.3, 0.4) is 0 Å². The summed E-state index contributed by atoms with van der Waals surface area (Å²) in [5.41, 5.74) is 3.30. The first kappa shape index (κ1) is 16.0. The second kappa shape index (κ2) is 7.59. The van der Waals surface area contributed by atoms with E-state index in [0.717, 1.165) is 5.56 Å². The van der Waals surface area contributed by atoms with E-state index < -0.39 is 11.8 Å². The molecule has 0 atom stereocenters. The molecule has 0 saturated carbocycles. The van der Waals surface area contributed by atoms with Crippen molar-refractivity contribution in [1.82, 2.24) is 5.43 Å². The van der Waals surface area contributed by atoms with Crippen LogP contribution in [-0.2, 0) is 9.59 Å². The Bertz CT molecular complexity index is 718. The zero-order valence-corrected chi connectivity index (χ0v) is 12.7. The van der Waals surface area contributed by atoms with Gasteiger partial charge in [0.1, 0.15) is 0 Å². The quantitative estimate of drug-likeness (QED) is 0.514. The number of hydrazone groups is 1. The number of hydrogen-bond donors (Lipinski definition) is 2. The first-order valence-electron chi connectivity index (χ1n) is 6.21. The van der Waals surface area contributed by atoms with Gasteiger partial charge in [-0.15, -0.1) is 0 Å². The lowest BCUT2D eigenvalue weighted by Crippen LogP contribution is -2.32. The maximum absolute atomic E-state index is 11.7. The Morgan fingerprint density at radius 3 is 2.36 bits per heavy atom. The fourth-order valence-corrected chi connectivity index (χ4v) is 1.82. The minimum absolute atomic E-state index is 0.280. The van der Waals surface area contributed by atoms with Crippen LogP contribution in [0.2, 0.25) is 10.0 Å². The summed E-state index contributed by atoms with van der Waals surface area (Å²) in [5.74, 6) is -1.75. The predicted octanol–water partition coefficient (Wildman–Crippen LogP) is 3.08. The van der Waals surface area contributed by atoms with Crippen molar-refractivity contribution < 1.29 is 9.59 Å². The molecule has 7 heteroatoms. The highest BCUT2D eigenvalue weighted by Gasteiger charge is 2.13. The molecular weight excluding hydrogens is 325 g/mol. The predicted molar refractivity (Wildman–Crippen MR) is 87.3 cm³/mol. The van der Waals surface area contributed by atoms with Crippen LogP contribution < -0.4 is 10.7 Å². The molecule has 2 rings (SSSR count). The lowest BCUT2D eigenvalue weighted by molar-refractivity contribution is -0.136. The Labute approximate surface area is 136 Å². The minimum atomic E-state index is -0.891. The first-order valence-corrected chi connectivity index (χ1v) is 6.96. The molecule has 0 aliphatic rings. The van der Waals surface area contributed by atoms with Gasteiger partial charge in [-0.2, -0.15) is 5.10 Å². The Hall–Kier alpha value is -2.37. The molecule has 0 aliphatic carbocycles. The number of hydrogen-bond acceptors (Lipinski definition) is 3. The fraction of sp³-hybridized carbons (Fsp3) is 0. The molecule has 2 aromatic rings. The number of amides is 2. The Balaban J connectivity index is 1.90. The van der Waals surface area contributed by atoms with Crippen molar-refractivity contribution in [3.8, 4) is 0 Å². The zero-order valence-electron chi connectivity index (χ0n) is 11.2. The van der Waals surface area contributed by atoms with Gasteiger partial charge in [-0.25, -0.2) is 5.43 Å². The second-order valence-electron chi connectivity index (χ2n) is 4.19. The van der Waals surface area contributed by atoms with Crippen LogP contribution in [0.25, 0.3) is 0 Å². The normalized spacial score (nSPS) is 10.5. The summed E-state index contributed by atoms with van der Waals surface area (Å²) >= 11 is 11.6. The van der Waals surface area contributed by atoms with Crippen LogP contribution in [0.15, 0.2) is 53.6 Å². The van der Waals surface area contributed by atoms with E-state index in [1.165, 1.54) is 24.4 Å². The lowest BCUT2D eigenvalue weighted by Gasteiger charge is -2.05. The van der Waals surface area contributed by atoms with E-state index in [9.17, 15) is 9.59 Å². The highest BCUT2D eigenvalue weighted by molar-refractivity contribution is 6.42. The van der Waals surface area contributed by atoms with E-state index in [-0.39, 0.29) is 5.02 Å². The van der Waals surface area contributed by atoms with Gasteiger partial charge in [-0.05, 0) is 23.8 Å². The van der Waals surface area contributed by atoms with Gasteiger partial charge in [0.05, 0.1) is 16.3 Å². The SMILES string of the molecule is O=C(N/N=C/c1ccccc1)C(=O)Nc1ccc(Cl)c(Cl)c1. The molecule has 0 aromatic heterocycles. The molecule has 0 unspecified atom stereocenters. The molecule has 0 aliphatic heterocycles. The Morgan fingerprint density at radius 1 is 0.955 bits per heavy atom. The molecule has 2 aromatic carbocycles. The molecular formula is C15H11Cl2N3O2. The molecule has 0 bridgehead atoms. The summed E-state index contributed by atoms with van der Waals surface area (Å²) in [5, 5.41) is 6.73. The average molecular weight is 336 g/mol. The van der Waals surface area contributed by atoms with Crippen LogP contribution >= 0.6 is 23.2 Å². The molecule has 0 spiro atoms. The van der Waals surface area contributed by atoms with E-state index in [4.69, 9.17) is 23.2 Å². The smallest absolute Gasteiger partial charge is 0.318 e. The summed E-state index contributed by atoms with van der Waals surface area (Å²) in [6.07, 6.45) is 1.43. The Morgan fingerprint density at radius 2 is 1.68 bits per heavy atom. The van der Waals surface area contributed by atoms with E-state index in [1.807, 2.05) is 30.3 Å². The molecule has 22 heavy (non-hydrogen) atoms. The monoisotopic (exact) mass is 335 g/mol. The molecule has 2 amide bonds. The van der Waals surface area contributed by atoms with Crippen LogP contribution in [0.4, 0.5) is 5.69 Å². The molecule has 0 fully saturated rings. The average Bonchev–Trinajstić information content (AvgIpc) is 2.52. The largest absolute Gasteiger partial charge is 0.329 e. The third-order valence-electron chi connectivity index (χ3n) is 2.56. The van der Waals surface area contributed by atoms with Gasteiger partial charge in [0.25, 0.3) is 0 Å². The molecule has 5 nitrogen and oxygen atoms in total. The van der Waals surface area contributed by atoms with Crippen molar-refractivity contribution in [3.63, 3.8) is 0 Å². The molecule has 112 valence electrons. The number of halogens is 2. The van der Waals surface area contributed by atoms with E-state index in [2.05, 4.69) is 15.8 Å². The summed E-state index contributed by atoms with van der Waals surface area (Å²) in [6, 6.07) is 13.7. The van der Waals surface area contributed by atoms with Gasteiger partial charge < -0.3 is 5.32 Å². The van der Waals surface area contributed by atoms with Gasteiger partial charge in [0, 0.05) is 5.69 Å². The molecule has 2 N–H and O–H groups in total. The maximum atomic E-state index is 11.7. The van der Waals surface area contributed by atoms with Crippen molar-refractivity contribution in [2.45, 2.75) is 0 Å². The molecule has 0 heterocycles. The second-order valence-corrected chi connectivity index (χ2v) is 5.01. The number of nitrogens with one attached hydrogen (secondary N) is 2. The number of carbonyl (C=O) groups excluding carboxylic acids is 2. The fourth-order valence-electron chi connectivity index (χ4n) is 1.52. The highest BCUT2D eigenvalue weighted by Crippen LogP contribution is 2.24. The number of carbonyl (C=O) groups is 2. The summed E-state index contributed by atoms with van der Waals surface area (Å²) < 4.78 is 0. The minimum Gasteiger partial charge on any atom is -0.318 e.